The summed E-state index contributed by atoms with van der Waals surface area (Å²) < 4.78 is 5.32. The molecule has 0 bridgehead atoms. The van der Waals surface area contributed by atoms with Crippen LogP contribution in [0.25, 0.3) is 0 Å². The van der Waals surface area contributed by atoms with Gasteiger partial charge in [0.05, 0.1) is 0 Å². The van der Waals surface area contributed by atoms with Crippen LogP contribution in [0.1, 0.15) is 73.1 Å². The van der Waals surface area contributed by atoms with Crippen molar-refractivity contribution < 1.29 is 4.74 Å². The first-order chi connectivity index (χ1) is 11.8. The lowest BCUT2D eigenvalue weighted by atomic mass is 10.0. The zero-order valence-electron chi connectivity index (χ0n) is 17.1. The van der Waals surface area contributed by atoms with Crippen molar-refractivity contribution in [2.75, 3.05) is 13.7 Å². The minimum atomic E-state index is 0.448. The third-order valence-electron chi connectivity index (χ3n) is 4.00. The van der Waals surface area contributed by atoms with E-state index in [1.165, 1.54) is 28.7 Å². The van der Waals surface area contributed by atoms with Crippen molar-refractivity contribution in [3.63, 3.8) is 0 Å². The second-order valence-electron chi connectivity index (χ2n) is 6.90. The van der Waals surface area contributed by atoms with Crippen molar-refractivity contribution in [1.82, 2.24) is 5.32 Å². The Balaban J connectivity index is 3.99. The molecule has 0 radical (unpaired) electrons. The summed E-state index contributed by atoms with van der Waals surface area (Å²) in [6.07, 6.45) is 16.0. The normalized spacial score (nSPS) is 12.8. The summed E-state index contributed by atoms with van der Waals surface area (Å²) in [5, 5.41) is 3.25. The van der Waals surface area contributed by atoms with Gasteiger partial charge >= 0.3 is 0 Å². The molecule has 25 heavy (non-hydrogen) atoms. The molecule has 3 heteroatoms. The second-order valence-corrected chi connectivity index (χ2v) is 7.27. The molecule has 0 aliphatic heterocycles. The van der Waals surface area contributed by atoms with Gasteiger partial charge in [0, 0.05) is 7.05 Å². The average Bonchev–Trinajstić information content (AvgIpc) is 2.54. The van der Waals surface area contributed by atoms with Gasteiger partial charge in [-0.05, 0) is 91.4 Å². The molecule has 0 amide bonds. The van der Waals surface area contributed by atoms with Crippen LogP contribution in [-0.2, 0) is 4.74 Å². The maximum Gasteiger partial charge on any atom is 0.256 e. The molecule has 0 saturated carbocycles. The molecule has 0 spiro atoms. The molecule has 0 aliphatic rings. The van der Waals surface area contributed by atoms with Gasteiger partial charge in [-0.25, -0.2) is 0 Å². The monoisotopic (exact) mass is 363 g/mol. The number of rotatable bonds is 11. The van der Waals surface area contributed by atoms with Crippen LogP contribution in [-0.4, -0.2) is 18.8 Å². The number of thiocarbonyl (C=S) groups is 1. The van der Waals surface area contributed by atoms with E-state index in [2.05, 4.69) is 64.2 Å². The van der Waals surface area contributed by atoms with Gasteiger partial charge in [-0.1, -0.05) is 40.5 Å². The summed E-state index contributed by atoms with van der Waals surface area (Å²) in [5.41, 5.74) is 5.74. The highest BCUT2D eigenvalue weighted by molar-refractivity contribution is 7.80. The van der Waals surface area contributed by atoms with Crippen LogP contribution < -0.4 is 5.32 Å². The third-order valence-corrected chi connectivity index (χ3v) is 4.33. The first-order valence-corrected chi connectivity index (χ1v) is 9.70. The first-order valence-electron chi connectivity index (χ1n) is 9.30. The van der Waals surface area contributed by atoms with Crippen molar-refractivity contribution in [2.45, 2.75) is 73.1 Å². The molecule has 0 unspecified atom stereocenters. The van der Waals surface area contributed by atoms with E-state index < -0.39 is 0 Å². The topological polar surface area (TPSA) is 21.3 Å². The van der Waals surface area contributed by atoms with Crippen molar-refractivity contribution in [3.8, 4) is 0 Å². The van der Waals surface area contributed by atoms with Crippen molar-refractivity contribution in [2.24, 2.45) is 0 Å². The van der Waals surface area contributed by atoms with Crippen LogP contribution >= 0.6 is 12.2 Å². The Kier molecular flexibility index (Phi) is 14.1. The molecule has 0 aliphatic carbocycles. The number of nitrogens with one attached hydrogen (secondary N) is 1. The van der Waals surface area contributed by atoms with Gasteiger partial charge in [-0.15, -0.1) is 0 Å². The lowest BCUT2D eigenvalue weighted by Gasteiger charge is -2.05. The average molecular weight is 364 g/mol. The number of hydrogen-bond acceptors (Lipinski definition) is 2. The van der Waals surface area contributed by atoms with E-state index in [1.807, 2.05) is 0 Å². The Hall–Kier alpha value is -1.35. The summed E-state index contributed by atoms with van der Waals surface area (Å²) in [5.74, 6) is 0. The fourth-order valence-corrected chi connectivity index (χ4v) is 2.39. The summed E-state index contributed by atoms with van der Waals surface area (Å²) >= 11 is 4.94. The predicted octanol–water partition coefficient (Wildman–Crippen LogP) is 6.65. The predicted molar refractivity (Wildman–Crippen MR) is 116 cm³/mol. The van der Waals surface area contributed by atoms with Gasteiger partial charge < -0.3 is 10.1 Å². The van der Waals surface area contributed by atoms with Crippen molar-refractivity contribution in [1.29, 1.82) is 0 Å². The summed E-state index contributed by atoms with van der Waals surface area (Å²) in [7, 11) is 1.77. The highest BCUT2D eigenvalue weighted by Gasteiger charge is 1.94. The molecule has 142 valence electrons. The smallest absolute Gasteiger partial charge is 0.256 e. The van der Waals surface area contributed by atoms with Crippen molar-refractivity contribution >= 4 is 17.4 Å². The van der Waals surface area contributed by atoms with Gasteiger partial charge in [-0.2, -0.15) is 0 Å². The minimum absolute atomic E-state index is 0.448. The quantitative estimate of drug-likeness (QED) is 0.328. The highest BCUT2D eigenvalue weighted by Crippen LogP contribution is 2.13. The van der Waals surface area contributed by atoms with Crippen LogP contribution in [0, 0.1) is 0 Å². The van der Waals surface area contributed by atoms with Gasteiger partial charge in [0.15, 0.2) is 0 Å². The fraction of sp³-hybridized carbons (Fsp3) is 0.591. The molecular weight excluding hydrogens is 326 g/mol. The van der Waals surface area contributed by atoms with Crippen LogP contribution in [0.15, 0.2) is 46.6 Å². The standard InChI is InChI=1S/C22H37NOS/c1-18(2)10-7-11-19(3)12-8-13-20(4)14-9-15-21(5)16-17-24-22(25)23-6/h10,12,14,16H,7-9,11,13,15,17H2,1-6H3,(H,23,25)/b19-12+,20-14+,21-16+. The summed E-state index contributed by atoms with van der Waals surface area (Å²) in [6.45, 7) is 11.5. The molecule has 1 N–H and O–H groups in total. The van der Waals surface area contributed by atoms with E-state index in [0.29, 0.717) is 11.8 Å². The number of hydrogen-bond donors (Lipinski definition) is 1. The van der Waals surface area contributed by atoms with Crippen LogP contribution in [0.4, 0.5) is 0 Å². The number of ether oxygens (including phenoxy) is 1. The Morgan fingerprint density at radius 3 is 1.64 bits per heavy atom. The molecule has 0 aromatic heterocycles. The Morgan fingerprint density at radius 1 is 0.760 bits per heavy atom. The Labute approximate surface area is 161 Å². The number of allylic oxidation sites excluding steroid dienone is 7. The molecule has 0 aromatic rings. The van der Waals surface area contributed by atoms with E-state index in [9.17, 15) is 0 Å². The van der Waals surface area contributed by atoms with E-state index in [1.54, 1.807) is 7.05 Å². The van der Waals surface area contributed by atoms with E-state index in [-0.39, 0.29) is 0 Å². The van der Waals surface area contributed by atoms with Crippen molar-refractivity contribution in [3.05, 3.63) is 46.6 Å². The molecule has 2 nitrogen and oxygen atoms in total. The van der Waals surface area contributed by atoms with E-state index in [4.69, 9.17) is 17.0 Å². The maximum absolute atomic E-state index is 5.32. The van der Waals surface area contributed by atoms with Gasteiger partial charge in [0.1, 0.15) is 6.61 Å². The lowest BCUT2D eigenvalue weighted by Crippen LogP contribution is -2.18. The molecular formula is C22H37NOS. The third kappa shape index (κ3) is 15.9. The second kappa shape index (κ2) is 14.9. The lowest BCUT2D eigenvalue weighted by molar-refractivity contribution is 0.345. The summed E-state index contributed by atoms with van der Waals surface area (Å²) in [4.78, 5) is 0. The maximum atomic E-state index is 5.32. The summed E-state index contributed by atoms with van der Waals surface area (Å²) in [6, 6.07) is 0. The SMILES string of the molecule is CNC(=S)OC/C=C(\C)CC/C=C(\C)CC/C=C(\C)CCC=C(C)C. The molecule has 0 rings (SSSR count). The Bertz CT molecular complexity index is 508. The largest absolute Gasteiger partial charge is 0.467 e. The van der Waals surface area contributed by atoms with Gasteiger partial charge in [0.25, 0.3) is 5.17 Å². The van der Waals surface area contributed by atoms with Gasteiger partial charge in [-0.3, -0.25) is 0 Å². The molecule has 0 heterocycles. The van der Waals surface area contributed by atoms with Crippen LogP contribution in [0.2, 0.25) is 0 Å². The Morgan fingerprint density at radius 2 is 1.20 bits per heavy atom. The highest BCUT2D eigenvalue weighted by atomic mass is 32.1. The fourth-order valence-electron chi connectivity index (χ4n) is 2.32. The molecule has 0 aromatic carbocycles. The molecule has 0 fully saturated rings. The van der Waals surface area contributed by atoms with Crippen LogP contribution in [0.5, 0.6) is 0 Å². The first kappa shape index (κ1) is 23.6. The van der Waals surface area contributed by atoms with Gasteiger partial charge in [0.2, 0.25) is 0 Å². The van der Waals surface area contributed by atoms with E-state index in [0.717, 1.165) is 32.1 Å². The molecule has 0 atom stereocenters. The zero-order valence-corrected chi connectivity index (χ0v) is 17.9. The van der Waals surface area contributed by atoms with E-state index >= 15 is 0 Å². The zero-order chi connectivity index (χ0) is 19.1. The molecule has 0 saturated heterocycles. The van der Waals surface area contributed by atoms with Crippen LogP contribution in [0.3, 0.4) is 0 Å². The minimum Gasteiger partial charge on any atom is -0.467 e.